The van der Waals surface area contributed by atoms with Crippen LogP contribution in [0.1, 0.15) is 6.92 Å². The maximum Gasteiger partial charge on any atom is 0.500 e. The summed E-state index contributed by atoms with van der Waals surface area (Å²) >= 11 is 0. The summed E-state index contributed by atoms with van der Waals surface area (Å²) in [7, 11) is 0.125. The van der Waals surface area contributed by atoms with E-state index in [1.807, 2.05) is 0 Å². The van der Waals surface area contributed by atoms with Gasteiger partial charge in [0.15, 0.2) is 0 Å². The maximum atomic E-state index is 12.6. The van der Waals surface area contributed by atoms with Gasteiger partial charge in [0, 0.05) is 5.69 Å². The standard InChI is InChI=1S/C14H18N3O5S/c1-9-12(13(18)17(3)14(19)16(9)2)23(20,21)15-10-5-7-11(22-4)8-6-10/h5-8,12,15H,1-4H3/q+1. The summed E-state index contributed by atoms with van der Waals surface area (Å²) in [5.74, 6) is -0.207. The van der Waals surface area contributed by atoms with E-state index in [1.165, 1.54) is 40.3 Å². The van der Waals surface area contributed by atoms with Gasteiger partial charge in [0.1, 0.15) is 11.5 Å². The van der Waals surface area contributed by atoms with Crippen LogP contribution in [0.5, 0.6) is 5.75 Å². The first-order valence-electron chi connectivity index (χ1n) is 6.73. The van der Waals surface area contributed by atoms with Gasteiger partial charge in [-0.25, -0.2) is 13.2 Å². The van der Waals surface area contributed by atoms with Crippen molar-refractivity contribution in [3.63, 3.8) is 0 Å². The first-order valence-corrected chi connectivity index (χ1v) is 8.28. The molecule has 23 heavy (non-hydrogen) atoms. The van der Waals surface area contributed by atoms with Crippen LogP contribution in [-0.2, 0) is 14.8 Å². The molecule has 1 heterocycles. The fourth-order valence-corrected chi connectivity index (χ4v) is 3.85. The number of rotatable bonds is 4. The number of hydrogen-bond acceptors (Lipinski definition) is 5. The number of carbonyl (C=O) groups is 2. The lowest BCUT2D eigenvalue weighted by molar-refractivity contribution is -0.405. The molecular weight excluding hydrogens is 322 g/mol. The third kappa shape index (κ3) is 3.04. The minimum Gasteiger partial charge on any atom is -0.497 e. The normalized spacial score (nSPS) is 19.1. The molecule has 1 atom stereocenters. The van der Waals surface area contributed by atoms with Gasteiger partial charge in [0.05, 0.1) is 21.2 Å². The number of anilines is 1. The number of nitrogens with one attached hydrogen (secondary N) is 1. The molecule has 1 aliphatic heterocycles. The molecule has 0 bridgehead atoms. The SMILES string of the molecule is COc1ccc(NS(=O)(=O)C2C(=O)N(C)C(=O)[N+](C)=C2C)cc1. The summed E-state index contributed by atoms with van der Waals surface area (Å²) in [6.45, 7) is 1.45. The number of carbonyl (C=O) groups excluding carboxylic acids is 2. The van der Waals surface area contributed by atoms with Crippen molar-refractivity contribution in [1.82, 2.24) is 4.90 Å². The number of benzene rings is 1. The molecule has 1 aromatic carbocycles. The number of imide groups is 1. The Labute approximate surface area is 134 Å². The van der Waals surface area contributed by atoms with Gasteiger partial charge in [-0.1, -0.05) is 0 Å². The van der Waals surface area contributed by atoms with Crippen molar-refractivity contribution in [2.45, 2.75) is 12.2 Å². The molecule has 1 N–H and O–H groups in total. The zero-order valence-corrected chi connectivity index (χ0v) is 14.0. The molecule has 1 aromatic rings. The van der Waals surface area contributed by atoms with Gasteiger partial charge in [0.25, 0.3) is 10.0 Å². The van der Waals surface area contributed by atoms with Crippen LogP contribution in [-0.4, -0.2) is 62.0 Å². The number of nitrogens with zero attached hydrogens (tertiary/aromatic N) is 2. The Hall–Kier alpha value is -2.42. The first kappa shape index (κ1) is 16.9. The molecule has 124 valence electrons. The summed E-state index contributed by atoms with van der Waals surface area (Å²) in [5.41, 5.74) is 0.452. The van der Waals surface area contributed by atoms with Gasteiger partial charge >= 0.3 is 11.9 Å². The molecule has 0 saturated carbocycles. The van der Waals surface area contributed by atoms with E-state index >= 15 is 0 Å². The van der Waals surface area contributed by atoms with Crippen LogP contribution in [0.4, 0.5) is 10.5 Å². The van der Waals surface area contributed by atoms with Gasteiger partial charge in [-0.3, -0.25) is 4.72 Å². The van der Waals surface area contributed by atoms with Gasteiger partial charge in [0.2, 0.25) is 5.25 Å². The van der Waals surface area contributed by atoms with E-state index in [1.54, 1.807) is 12.1 Å². The van der Waals surface area contributed by atoms with Crippen molar-refractivity contribution in [2.24, 2.45) is 0 Å². The smallest absolute Gasteiger partial charge is 0.497 e. The Morgan fingerprint density at radius 3 is 2.30 bits per heavy atom. The summed E-state index contributed by atoms with van der Waals surface area (Å²) < 4.78 is 33.7. The van der Waals surface area contributed by atoms with Crippen molar-refractivity contribution in [1.29, 1.82) is 0 Å². The van der Waals surface area contributed by atoms with Crippen LogP contribution in [0.2, 0.25) is 0 Å². The predicted molar refractivity (Wildman–Crippen MR) is 84.4 cm³/mol. The zero-order valence-electron chi connectivity index (χ0n) is 13.2. The molecule has 1 aliphatic rings. The minimum absolute atomic E-state index is 0.152. The summed E-state index contributed by atoms with van der Waals surface area (Å²) in [4.78, 5) is 24.9. The molecule has 0 radical (unpaired) electrons. The topological polar surface area (TPSA) is 95.8 Å². The fourth-order valence-electron chi connectivity index (χ4n) is 2.24. The highest BCUT2D eigenvalue weighted by molar-refractivity contribution is 7.94. The molecule has 8 nitrogen and oxygen atoms in total. The lowest BCUT2D eigenvalue weighted by atomic mass is 10.2. The van der Waals surface area contributed by atoms with Gasteiger partial charge in [-0.15, -0.1) is 0 Å². The van der Waals surface area contributed by atoms with Crippen molar-refractivity contribution < 1.29 is 27.3 Å². The van der Waals surface area contributed by atoms with Gasteiger partial charge in [-0.2, -0.15) is 14.3 Å². The Bertz CT molecular complexity index is 783. The second-order valence-corrected chi connectivity index (χ2v) is 6.90. The van der Waals surface area contributed by atoms with E-state index in [4.69, 9.17) is 4.74 Å². The summed E-state index contributed by atoms with van der Waals surface area (Å²) in [6.07, 6.45) is 0. The first-order chi connectivity index (χ1) is 10.7. The second-order valence-electron chi connectivity index (χ2n) is 5.14. The molecule has 0 fully saturated rings. The van der Waals surface area contributed by atoms with Crippen LogP contribution in [0.25, 0.3) is 0 Å². The van der Waals surface area contributed by atoms with Crippen LogP contribution >= 0.6 is 0 Å². The maximum absolute atomic E-state index is 12.6. The average molecular weight is 340 g/mol. The summed E-state index contributed by atoms with van der Waals surface area (Å²) in [6, 6.07) is 5.68. The quantitative estimate of drug-likeness (QED) is 0.805. The Balaban J connectivity index is 2.38. The van der Waals surface area contributed by atoms with Crippen molar-refractivity contribution in [3.8, 4) is 5.75 Å². The molecule has 1 unspecified atom stereocenters. The van der Waals surface area contributed by atoms with E-state index in [0.717, 1.165) is 9.48 Å². The average Bonchev–Trinajstić information content (AvgIpc) is 2.51. The van der Waals surface area contributed by atoms with Crippen LogP contribution in [0, 0.1) is 0 Å². The number of ether oxygens (including phenoxy) is 1. The van der Waals surface area contributed by atoms with E-state index < -0.39 is 27.2 Å². The Kier molecular flexibility index (Phi) is 4.42. The molecule has 0 saturated heterocycles. The molecule has 9 heteroatoms. The highest BCUT2D eigenvalue weighted by atomic mass is 32.2. The predicted octanol–water partition coefficient (Wildman–Crippen LogP) is 0.501. The van der Waals surface area contributed by atoms with E-state index in [9.17, 15) is 18.0 Å². The molecule has 3 amide bonds. The van der Waals surface area contributed by atoms with Gasteiger partial charge < -0.3 is 4.74 Å². The fraction of sp³-hybridized carbons (Fsp3) is 0.357. The third-order valence-electron chi connectivity index (χ3n) is 3.70. The molecule has 2 rings (SSSR count). The molecular formula is C14H18N3O5S+. The van der Waals surface area contributed by atoms with Crippen molar-refractivity contribution in [2.75, 3.05) is 25.9 Å². The minimum atomic E-state index is -4.06. The van der Waals surface area contributed by atoms with Crippen molar-refractivity contribution >= 4 is 33.4 Å². The van der Waals surface area contributed by atoms with Gasteiger partial charge in [-0.05, 0) is 31.2 Å². The third-order valence-corrected chi connectivity index (χ3v) is 5.38. The number of amides is 3. The molecule has 0 aliphatic carbocycles. The summed E-state index contributed by atoms with van der Waals surface area (Å²) in [5, 5.41) is -1.46. The number of hydrogen-bond donors (Lipinski definition) is 1. The van der Waals surface area contributed by atoms with E-state index in [0.29, 0.717) is 11.4 Å². The number of methoxy groups -OCH3 is 1. The second kappa shape index (κ2) is 5.99. The Morgan fingerprint density at radius 1 is 1.22 bits per heavy atom. The highest BCUT2D eigenvalue weighted by Gasteiger charge is 2.50. The molecule has 0 spiro atoms. The van der Waals surface area contributed by atoms with Crippen molar-refractivity contribution in [3.05, 3.63) is 24.3 Å². The molecule has 0 aromatic heterocycles. The number of urea groups is 1. The highest BCUT2D eigenvalue weighted by Crippen LogP contribution is 2.20. The van der Waals surface area contributed by atoms with Crippen LogP contribution in [0.3, 0.4) is 0 Å². The largest absolute Gasteiger partial charge is 0.500 e. The lowest BCUT2D eigenvalue weighted by Gasteiger charge is -2.23. The Morgan fingerprint density at radius 2 is 1.78 bits per heavy atom. The lowest BCUT2D eigenvalue weighted by Crippen LogP contribution is -2.57. The van der Waals surface area contributed by atoms with Crippen LogP contribution < -0.4 is 9.46 Å². The van der Waals surface area contributed by atoms with Crippen LogP contribution in [0.15, 0.2) is 24.3 Å². The monoisotopic (exact) mass is 340 g/mol. The van der Waals surface area contributed by atoms with E-state index in [2.05, 4.69) is 4.72 Å². The zero-order chi connectivity index (χ0) is 17.4. The number of sulfonamides is 1. The van der Waals surface area contributed by atoms with E-state index in [-0.39, 0.29) is 5.71 Å².